The second-order valence-corrected chi connectivity index (χ2v) is 3.15. The number of nitrogens with zero attached hydrogens (tertiary/aromatic N) is 1. The van der Waals surface area contributed by atoms with Crippen molar-refractivity contribution in [2.24, 2.45) is 0 Å². The first-order valence-corrected chi connectivity index (χ1v) is 4.24. The molecular weight excluding hydrogens is 162 g/mol. The molecule has 0 unspecified atom stereocenters. The highest BCUT2D eigenvalue weighted by Crippen LogP contribution is 2.35. The lowest BCUT2D eigenvalue weighted by Crippen LogP contribution is -1.89. The summed E-state index contributed by atoms with van der Waals surface area (Å²) in [4.78, 5) is 5.08. The second kappa shape index (κ2) is 2.71. The van der Waals surface area contributed by atoms with Gasteiger partial charge in [0.25, 0.3) is 0 Å². The highest BCUT2D eigenvalue weighted by Gasteiger charge is 2.12. The summed E-state index contributed by atoms with van der Waals surface area (Å²) < 4.78 is 5.25. The van der Waals surface area contributed by atoms with Gasteiger partial charge in [0, 0.05) is 12.3 Å². The molecule has 11 heavy (non-hydrogen) atoms. The monoisotopic (exact) mass is 169 g/mol. The summed E-state index contributed by atoms with van der Waals surface area (Å²) in [5.41, 5.74) is 0.659. The average molecular weight is 169 g/mol. The van der Waals surface area contributed by atoms with Crippen LogP contribution in [0.25, 0.3) is 0 Å². The third-order valence-electron chi connectivity index (χ3n) is 1.48. The Morgan fingerprint density at radius 1 is 1.73 bits per heavy atom. The molecule has 1 aromatic heterocycles. The molecule has 0 atom stereocenters. The van der Waals surface area contributed by atoms with Crippen LogP contribution in [0.2, 0.25) is 0 Å². The first kappa shape index (κ1) is 6.94. The van der Waals surface area contributed by atoms with E-state index >= 15 is 0 Å². The van der Waals surface area contributed by atoms with E-state index in [0.29, 0.717) is 11.6 Å². The number of aromatic nitrogens is 1. The van der Waals surface area contributed by atoms with E-state index in [1.54, 1.807) is 24.0 Å². The van der Waals surface area contributed by atoms with Gasteiger partial charge >= 0.3 is 0 Å². The normalized spacial score (nSPS) is 14.3. The van der Waals surface area contributed by atoms with E-state index in [9.17, 15) is 0 Å². The Morgan fingerprint density at radius 2 is 2.64 bits per heavy atom. The summed E-state index contributed by atoms with van der Waals surface area (Å²) in [6.07, 6.45) is 1.73. The summed E-state index contributed by atoms with van der Waals surface area (Å²) in [5.74, 6) is 1.50. The van der Waals surface area contributed by atoms with Crippen molar-refractivity contribution in [1.29, 1.82) is 0 Å². The molecule has 1 aliphatic rings. The fourth-order valence-electron chi connectivity index (χ4n) is 0.929. The zero-order valence-corrected chi connectivity index (χ0v) is 6.60. The Hall–Kier alpha value is -0.740. The van der Waals surface area contributed by atoms with Crippen molar-refractivity contribution in [1.82, 2.24) is 4.98 Å². The predicted molar refractivity (Wildman–Crippen MR) is 41.5 cm³/mol. The largest absolute Gasteiger partial charge is 0.481 e. The molecule has 0 spiro atoms. The number of aliphatic hydroxyl groups excluding tert-OH is 1. The maximum Gasteiger partial charge on any atom is 0.138 e. The first-order valence-electron chi connectivity index (χ1n) is 3.25. The molecule has 0 saturated heterocycles. The fourth-order valence-corrected chi connectivity index (χ4v) is 1.63. The molecule has 0 aromatic carbocycles. The molecule has 0 saturated carbocycles. The number of rotatable bonds is 1. The van der Waals surface area contributed by atoms with Crippen molar-refractivity contribution < 1.29 is 9.84 Å². The predicted octanol–water partition coefficient (Wildman–Crippen LogP) is 1.02. The zero-order valence-electron chi connectivity index (χ0n) is 5.78. The van der Waals surface area contributed by atoms with Crippen LogP contribution >= 0.6 is 11.8 Å². The Labute approximate surface area is 68.4 Å². The van der Waals surface area contributed by atoms with Gasteiger partial charge in [-0.3, -0.25) is 4.98 Å². The summed E-state index contributed by atoms with van der Waals surface area (Å²) in [6, 6.07) is 1.77. The van der Waals surface area contributed by atoms with E-state index in [-0.39, 0.29) is 6.61 Å². The Balaban J connectivity index is 2.41. The highest BCUT2D eigenvalue weighted by atomic mass is 32.2. The molecule has 1 aliphatic heterocycles. The number of fused-ring (bicyclic) bond motifs is 1. The van der Waals surface area contributed by atoms with E-state index in [2.05, 4.69) is 4.98 Å². The van der Waals surface area contributed by atoms with Crippen molar-refractivity contribution >= 4 is 11.8 Å². The van der Waals surface area contributed by atoms with Gasteiger partial charge in [-0.25, -0.2) is 0 Å². The minimum Gasteiger partial charge on any atom is -0.481 e. The van der Waals surface area contributed by atoms with Crippen molar-refractivity contribution in [2.45, 2.75) is 11.5 Å². The van der Waals surface area contributed by atoms with Gasteiger partial charge in [-0.15, -0.1) is 0 Å². The number of hydrogen-bond donors (Lipinski definition) is 1. The summed E-state index contributed by atoms with van der Waals surface area (Å²) in [5, 5.41) is 8.74. The molecular formula is C7H7NO2S. The van der Waals surface area contributed by atoms with Crippen LogP contribution in [-0.2, 0) is 6.61 Å². The Morgan fingerprint density at radius 3 is 3.45 bits per heavy atom. The van der Waals surface area contributed by atoms with Crippen molar-refractivity contribution in [2.75, 3.05) is 5.94 Å². The van der Waals surface area contributed by atoms with E-state index in [0.717, 1.165) is 10.6 Å². The number of ether oxygens (including phenoxy) is 1. The van der Waals surface area contributed by atoms with Crippen LogP contribution in [0.1, 0.15) is 5.69 Å². The average Bonchev–Trinajstić information content (AvgIpc) is 2.50. The van der Waals surface area contributed by atoms with Gasteiger partial charge in [-0.1, -0.05) is 11.8 Å². The number of aliphatic hydroxyl groups is 1. The zero-order chi connectivity index (χ0) is 7.68. The third kappa shape index (κ3) is 1.19. The van der Waals surface area contributed by atoms with Crippen LogP contribution in [0.15, 0.2) is 17.2 Å². The molecule has 0 fully saturated rings. The molecule has 1 N–H and O–H groups in total. The Kier molecular flexibility index (Phi) is 1.71. The topological polar surface area (TPSA) is 42.4 Å². The quantitative estimate of drug-likeness (QED) is 0.681. The van der Waals surface area contributed by atoms with Gasteiger partial charge in [0.15, 0.2) is 0 Å². The van der Waals surface area contributed by atoms with Gasteiger partial charge in [0.1, 0.15) is 11.7 Å². The molecule has 1 aromatic rings. The van der Waals surface area contributed by atoms with Crippen molar-refractivity contribution in [3.05, 3.63) is 18.0 Å². The summed E-state index contributed by atoms with van der Waals surface area (Å²) in [6.45, 7) is -0.0265. The molecule has 3 nitrogen and oxygen atoms in total. The summed E-state index contributed by atoms with van der Waals surface area (Å²) in [7, 11) is 0. The molecule has 0 amide bonds. The van der Waals surface area contributed by atoms with Crippen LogP contribution in [0.3, 0.4) is 0 Å². The molecule has 58 valence electrons. The lowest BCUT2D eigenvalue weighted by atomic mass is 10.3. The van der Waals surface area contributed by atoms with Gasteiger partial charge in [0.05, 0.1) is 17.2 Å². The molecule has 0 aliphatic carbocycles. The molecule has 0 radical (unpaired) electrons. The maximum absolute atomic E-state index is 8.74. The fraction of sp³-hybridized carbons (Fsp3) is 0.286. The maximum atomic E-state index is 8.74. The number of thioether (sulfide) groups is 1. The lowest BCUT2D eigenvalue weighted by molar-refractivity contribution is 0.275. The molecule has 0 bridgehead atoms. The van der Waals surface area contributed by atoms with Crippen molar-refractivity contribution in [3.63, 3.8) is 0 Å². The van der Waals surface area contributed by atoms with Crippen LogP contribution in [0.4, 0.5) is 0 Å². The van der Waals surface area contributed by atoms with Crippen LogP contribution in [0.5, 0.6) is 5.75 Å². The van der Waals surface area contributed by atoms with E-state index in [4.69, 9.17) is 9.84 Å². The van der Waals surface area contributed by atoms with Crippen LogP contribution in [-0.4, -0.2) is 16.0 Å². The van der Waals surface area contributed by atoms with E-state index < -0.39 is 0 Å². The van der Waals surface area contributed by atoms with Gasteiger partial charge in [-0.2, -0.15) is 0 Å². The van der Waals surface area contributed by atoms with E-state index in [1.807, 2.05) is 0 Å². The third-order valence-corrected chi connectivity index (χ3v) is 2.33. The van der Waals surface area contributed by atoms with E-state index in [1.165, 1.54) is 0 Å². The minimum atomic E-state index is -0.0265. The molecule has 2 rings (SSSR count). The number of hydrogen-bond acceptors (Lipinski definition) is 4. The Bertz CT molecular complexity index is 277. The van der Waals surface area contributed by atoms with Crippen LogP contribution in [0, 0.1) is 0 Å². The standard InChI is InChI=1S/C7H7NO2S/c9-3-5-1-6-7(2-8-5)11-4-10-6/h1-2,9H,3-4H2. The van der Waals surface area contributed by atoms with Gasteiger partial charge < -0.3 is 9.84 Å². The summed E-state index contributed by atoms with van der Waals surface area (Å²) >= 11 is 1.62. The molecule has 2 heterocycles. The smallest absolute Gasteiger partial charge is 0.138 e. The second-order valence-electron chi connectivity index (χ2n) is 2.19. The highest BCUT2D eigenvalue weighted by molar-refractivity contribution is 7.99. The SMILES string of the molecule is OCc1cc2c(cn1)SCO2. The lowest BCUT2D eigenvalue weighted by Gasteiger charge is -1.98. The minimum absolute atomic E-state index is 0.0265. The van der Waals surface area contributed by atoms with Gasteiger partial charge in [0.2, 0.25) is 0 Å². The molecule has 4 heteroatoms. The van der Waals surface area contributed by atoms with Crippen LogP contribution < -0.4 is 4.74 Å². The first-order chi connectivity index (χ1) is 5.40. The number of pyridine rings is 1. The van der Waals surface area contributed by atoms with Gasteiger partial charge in [-0.05, 0) is 0 Å². The van der Waals surface area contributed by atoms with Crippen molar-refractivity contribution in [3.8, 4) is 5.75 Å².